The fourth-order valence-corrected chi connectivity index (χ4v) is 2.37. The number of hydrogen-bond acceptors (Lipinski definition) is 4. The number of ether oxygens (including phenoxy) is 1. The number of nitrogens with zero attached hydrogens (tertiary/aromatic N) is 2. The number of para-hydroxylation sites is 1. The smallest absolute Gasteiger partial charge is 0.123 e. The molecule has 0 amide bonds. The molecule has 4 nitrogen and oxygen atoms in total. The highest BCUT2D eigenvalue weighted by atomic mass is 16.5. The van der Waals surface area contributed by atoms with E-state index in [9.17, 15) is 0 Å². The summed E-state index contributed by atoms with van der Waals surface area (Å²) in [6.45, 7) is 6.41. The highest BCUT2D eigenvalue weighted by molar-refractivity contribution is 5.32. The van der Waals surface area contributed by atoms with E-state index in [1.165, 1.54) is 5.56 Å². The molecule has 1 fully saturated rings. The van der Waals surface area contributed by atoms with Gasteiger partial charge in [0.2, 0.25) is 0 Å². The number of rotatable bonds is 5. The van der Waals surface area contributed by atoms with E-state index < -0.39 is 0 Å². The van der Waals surface area contributed by atoms with Crippen LogP contribution >= 0.6 is 0 Å². The zero-order valence-electron chi connectivity index (χ0n) is 11.4. The lowest BCUT2D eigenvalue weighted by Crippen LogP contribution is -2.47. The molecule has 0 saturated carbocycles. The first-order chi connectivity index (χ1) is 8.79. The third-order valence-electron chi connectivity index (χ3n) is 3.28. The fourth-order valence-electron chi connectivity index (χ4n) is 2.37. The summed E-state index contributed by atoms with van der Waals surface area (Å²) in [5.41, 5.74) is 1.25. The molecule has 1 aliphatic rings. The van der Waals surface area contributed by atoms with Gasteiger partial charge in [-0.05, 0) is 13.1 Å². The Morgan fingerprint density at radius 1 is 1.28 bits per heavy atom. The Kier molecular flexibility index (Phi) is 4.99. The molecule has 100 valence electrons. The monoisotopic (exact) mass is 249 g/mol. The average molecular weight is 249 g/mol. The van der Waals surface area contributed by atoms with Crippen molar-refractivity contribution in [1.82, 2.24) is 15.1 Å². The number of nitrogens with one attached hydrogen (secondary N) is 1. The molecule has 0 bridgehead atoms. The van der Waals surface area contributed by atoms with Crippen LogP contribution < -0.4 is 10.1 Å². The van der Waals surface area contributed by atoms with Crippen LogP contribution in [0, 0.1) is 0 Å². The Morgan fingerprint density at radius 3 is 2.72 bits per heavy atom. The lowest BCUT2D eigenvalue weighted by atomic mass is 10.2. The first kappa shape index (κ1) is 13.3. The van der Waals surface area contributed by atoms with Crippen molar-refractivity contribution in [3.05, 3.63) is 29.8 Å². The van der Waals surface area contributed by atoms with Crippen LogP contribution in [-0.4, -0.2) is 56.8 Å². The lowest BCUT2D eigenvalue weighted by molar-refractivity contribution is 0.134. The summed E-state index contributed by atoms with van der Waals surface area (Å²) in [7, 11) is 3.89. The van der Waals surface area contributed by atoms with Gasteiger partial charge in [-0.2, -0.15) is 0 Å². The van der Waals surface area contributed by atoms with Gasteiger partial charge in [0.1, 0.15) is 5.75 Å². The first-order valence-corrected chi connectivity index (χ1v) is 6.53. The van der Waals surface area contributed by atoms with Crippen LogP contribution in [0.2, 0.25) is 0 Å². The van der Waals surface area contributed by atoms with Crippen molar-refractivity contribution >= 4 is 0 Å². The quantitative estimate of drug-likeness (QED) is 0.842. The van der Waals surface area contributed by atoms with Crippen molar-refractivity contribution in [1.29, 1.82) is 0 Å². The van der Waals surface area contributed by atoms with E-state index in [-0.39, 0.29) is 0 Å². The molecular formula is C14H23N3O. The Labute approximate surface area is 110 Å². The van der Waals surface area contributed by atoms with E-state index in [1.54, 1.807) is 7.11 Å². The van der Waals surface area contributed by atoms with Crippen LogP contribution in [0.3, 0.4) is 0 Å². The molecule has 0 unspecified atom stereocenters. The largest absolute Gasteiger partial charge is 0.496 e. The minimum Gasteiger partial charge on any atom is -0.496 e. The van der Waals surface area contributed by atoms with Crippen molar-refractivity contribution in [2.24, 2.45) is 0 Å². The van der Waals surface area contributed by atoms with E-state index in [0.29, 0.717) is 0 Å². The third kappa shape index (κ3) is 3.70. The molecule has 0 aromatic heterocycles. The van der Waals surface area contributed by atoms with E-state index in [1.807, 2.05) is 12.1 Å². The molecule has 0 atom stereocenters. The second-order valence-corrected chi connectivity index (χ2v) is 4.84. The Hall–Kier alpha value is -1.10. The van der Waals surface area contributed by atoms with Gasteiger partial charge in [-0.3, -0.25) is 9.80 Å². The van der Waals surface area contributed by atoms with Gasteiger partial charge in [-0.25, -0.2) is 0 Å². The summed E-state index contributed by atoms with van der Waals surface area (Å²) in [5, 5.41) is 3.38. The maximum atomic E-state index is 5.39. The zero-order chi connectivity index (χ0) is 12.8. The predicted molar refractivity (Wildman–Crippen MR) is 73.8 cm³/mol. The standard InChI is InChI=1S/C14H23N3O/c1-16(12-17-9-7-15-8-10-17)11-13-5-3-4-6-14(13)18-2/h3-6,15H,7-12H2,1-2H3. The second kappa shape index (κ2) is 6.73. The first-order valence-electron chi connectivity index (χ1n) is 6.53. The summed E-state index contributed by atoms with van der Waals surface area (Å²) in [6.07, 6.45) is 0. The van der Waals surface area contributed by atoms with E-state index in [4.69, 9.17) is 4.74 Å². The van der Waals surface area contributed by atoms with Gasteiger partial charge in [0, 0.05) is 38.3 Å². The number of hydrogen-bond donors (Lipinski definition) is 1. The summed E-state index contributed by atoms with van der Waals surface area (Å²) in [4.78, 5) is 4.81. The van der Waals surface area contributed by atoms with Crippen molar-refractivity contribution in [2.75, 3.05) is 47.0 Å². The molecule has 1 aromatic rings. The Bertz CT molecular complexity index is 364. The molecule has 1 saturated heterocycles. The van der Waals surface area contributed by atoms with Crippen LogP contribution in [0.5, 0.6) is 5.75 Å². The molecule has 0 radical (unpaired) electrons. The summed E-state index contributed by atoms with van der Waals surface area (Å²) < 4.78 is 5.39. The van der Waals surface area contributed by atoms with Crippen LogP contribution in [0.15, 0.2) is 24.3 Å². The van der Waals surface area contributed by atoms with E-state index >= 15 is 0 Å². The van der Waals surface area contributed by atoms with Gasteiger partial charge in [-0.15, -0.1) is 0 Å². The van der Waals surface area contributed by atoms with Crippen LogP contribution in [0.4, 0.5) is 0 Å². The predicted octanol–water partition coefficient (Wildman–Crippen LogP) is 0.990. The van der Waals surface area contributed by atoms with Gasteiger partial charge in [0.05, 0.1) is 13.8 Å². The maximum absolute atomic E-state index is 5.39. The summed E-state index contributed by atoms with van der Waals surface area (Å²) >= 11 is 0. The second-order valence-electron chi connectivity index (χ2n) is 4.84. The van der Waals surface area contributed by atoms with Crippen molar-refractivity contribution in [3.8, 4) is 5.75 Å². The normalized spacial score (nSPS) is 17.1. The van der Waals surface area contributed by atoms with E-state index in [2.05, 4.69) is 34.3 Å². The molecule has 1 heterocycles. The van der Waals surface area contributed by atoms with Gasteiger partial charge >= 0.3 is 0 Å². The number of piperazine rings is 1. The van der Waals surface area contributed by atoms with Crippen LogP contribution in [0.25, 0.3) is 0 Å². The molecule has 1 N–H and O–H groups in total. The molecule has 0 aliphatic carbocycles. The van der Waals surface area contributed by atoms with Crippen LogP contribution in [0.1, 0.15) is 5.56 Å². The zero-order valence-corrected chi connectivity index (χ0v) is 11.4. The molecule has 2 rings (SSSR count). The number of methoxy groups -OCH3 is 1. The van der Waals surface area contributed by atoms with Gasteiger partial charge in [0.25, 0.3) is 0 Å². The fraction of sp³-hybridized carbons (Fsp3) is 0.571. The van der Waals surface area contributed by atoms with Crippen LogP contribution in [-0.2, 0) is 6.54 Å². The number of benzene rings is 1. The highest BCUT2D eigenvalue weighted by Crippen LogP contribution is 2.18. The van der Waals surface area contributed by atoms with E-state index in [0.717, 1.165) is 45.1 Å². The lowest BCUT2D eigenvalue weighted by Gasteiger charge is -2.31. The van der Waals surface area contributed by atoms with Crippen molar-refractivity contribution in [3.63, 3.8) is 0 Å². The third-order valence-corrected chi connectivity index (χ3v) is 3.28. The Balaban J connectivity index is 1.87. The van der Waals surface area contributed by atoms with Gasteiger partial charge in [-0.1, -0.05) is 18.2 Å². The molecule has 18 heavy (non-hydrogen) atoms. The average Bonchev–Trinajstić information content (AvgIpc) is 2.40. The SMILES string of the molecule is COc1ccccc1CN(C)CN1CCNCC1. The summed E-state index contributed by atoms with van der Waals surface area (Å²) in [5.74, 6) is 0.977. The minimum atomic E-state index is 0.925. The Morgan fingerprint density at radius 2 is 2.00 bits per heavy atom. The molecule has 4 heteroatoms. The molecule has 1 aromatic carbocycles. The topological polar surface area (TPSA) is 27.7 Å². The van der Waals surface area contributed by atoms with Crippen molar-refractivity contribution < 1.29 is 4.74 Å². The van der Waals surface area contributed by atoms with Crippen molar-refractivity contribution in [2.45, 2.75) is 6.54 Å². The highest BCUT2D eigenvalue weighted by Gasteiger charge is 2.12. The molecular weight excluding hydrogens is 226 g/mol. The van der Waals surface area contributed by atoms with Gasteiger partial charge < -0.3 is 10.1 Å². The minimum absolute atomic E-state index is 0.925. The van der Waals surface area contributed by atoms with Gasteiger partial charge in [0.15, 0.2) is 0 Å². The molecule has 0 spiro atoms. The summed E-state index contributed by atoms with van der Waals surface area (Å²) in [6, 6.07) is 8.23. The molecule has 1 aliphatic heterocycles. The maximum Gasteiger partial charge on any atom is 0.123 e.